The molecule has 1 unspecified atom stereocenters. The van der Waals surface area contributed by atoms with E-state index in [4.69, 9.17) is 10.5 Å². The van der Waals surface area contributed by atoms with Gasteiger partial charge in [0.25, 0.3) is 0 Å². The van der Waals surface area contributed by atoms with E-state index in [-0.39, 0.29) is 11.9 Å². The molecule has 0 saturated carbocycles. The number of ether oxygens (including phenoxy) is 1. The number of nitrogens with one attached hydrogen (secondary N) is 1. The molecule has 0 bridgehead atoms. The van der Waals surface area contributed by atoms with E-state index in [0.717, 1.165) is 25.9 Å². The molecule has 2 heterocycles. The predicted molar refractivity (Wildman–Crippen MR) is 61.0 cm³/mol. The third-order valence-corrected chi connectivity index (χ3v) is 3.59. The molecule has 2 aliphatic rings. The number of amides is 1. The molecule has 5 heteroatoms. The normalized spacial score (nSPS) is 29.5. The van der Waals surface area contributed by atoms with E-state index in [2.05, 4.69) is 17.3 Å². The van der Waals surface area contributed by atoms with Crippen LogP contribution < -0.4 is 11.1 Å². The lowest BCUT2D eigenvalue weighted by molar-refractivity contribution is -0.160. The molecule has 0 radical (unpaired) electrons. The van der Waals surface area contributed by atoms with Crippen LogP contribution in [0.25, 0.3) is 0 Å². The average molecular weight is 227 g/mol. The van der Waals surface area contributed by atoms with Gasteiger partial charge in [-0.1, -0.05) is 0 Å². The van der Waals surface area contributed by atoms with Crippen molar-refractivity contribution in [2.45, 2.75) is 18.9 Å². The SMILES string of the molecule is CN1CCCC(NC(=O)C2(CN)COC2)C1. The zero-order valence-electron chi connectivity index (χ0n) is 9.87. The van der Waals surface area contributed by atoms with Crippen molar-refractivity contribution >= 4 is 5.91 Å². The van der Waals surface area contributed by atoms with Gasteiger partial charge in [-0.2, -0.15) is 0 Å². The van der Waals surface area contributed by atoms with Crippen LogP contribution >= 0.6 is 0 Å². The van der Waals surface area contributed by atoms with E-state index >= 15 is 0 Å². The van der Waals surface area contributed by atoms with Gasteiger partial charge in [0.05, 0.1) is 13.2 Å². The molecule has 3 N–H and O–H groups in total. The summed E-state index contributed by atoms with van der Waals surface area (Å²) in [5.41, 5.74) is 5.20. The summed E-state index contributed by atoms with van der Waals surface area (Å²) < 4.78 is 5.11. The van der Waals surface area contributed by atoms with Crippen molar-refractivity contribution in [3.05, 3.63) is 0 Å². The number of likely N-dealkylation sites (tertiary alicyclic amines) is 1. The van der Waals surface area contributed by atoms with Crippen LogP contribution in [-0.4, -0.2) is 56.7 Å². The first kappa shape index (κ1) is 11.8. The minimum atomic E-state index is -0.448. The summed E-state index contributed by atoms with van der Waals surface area (Å²) >= 11 is 0. The molecule has 0 aromatic rings. The van der Waals surface area contributed by atoms with Crippen LogP contribution in [0.3, 0.4) is 0 Å². The van der Waals surface area contributed by atoms with Gasteiger partial charge in [-0.25, -0.2) is 0 Å². The Kier molecular flexibility index (Phi) is 3.47. The quantitative estimate of drug-likeness (QED) is 0.660. The molecule has 1 atom stereocenters. The molecule has 0 aromatic heterocycles. The fourth-order valence-electron chi connectivity index (χ4n) is 2.31. The Morgan fingerprint density at radius 1 is 1.62 bits per heavy atom. The first-order valence-electron chi connectivity index (χ1n) is 5.94. The largest absolute Gasteiger partial charge is 0.379 e. The van der Waals surface area contributed by atoms with E-state index in [9.17, 15) is 4.79 Å². The third kappa shape index (κ3) is 2.21. The zero-order valence-corrected chi connectivity index (χ0v) is 9.87. The van der Waals surface area contributed by atoms with Crippen LogP contribution in [0.4, 0.5) is 0 Å². The second-order valence-corrected chi connectivity index (χ2v) is 5.05. The lowest BCUT2D eigenvalue weighted by Gasteiger charge is -2.40. The number of carbonyl (C=O) groups is 1. The summed E-state index contributed by atoms with van der Waals surface area (Å²) in [6.45, 7) is 3.38. The second kappa shape index (κ2) is 4.69. The summed E-state index contributed by atoms with van der Waals surface area (Å²) in [6.07, 6.45) is 2.21. The summed E-state index contributed by atoms with van der Waals surface area (Å²) in [4.78, 5) is 14.3. The van der Waals surface area contributed by atoms with Gasteiger partial charge >= 0.3 is 0 Å². The Morgan fingerprint density at radius 2 is 2.38 bits per heavy atom. The smallest absolute Gasteiger partial charge is 0.232 e. The highest BCUT2D eigenvalue weighted by Crippen LogP contribution is 2.26. The van der Waals surface area contributed by atoms with Gasteiger partial charge in [0.1, 0.15) is 5.41 Å². The lowest BCUT2D eigenvalue weighted by Crippen LogP contribution is -2.61. The Labute approximate surface area is 96.3 Å². The summed E-state index contributed by atoms with van der Waals surface area (Å²) in [7, 11) is 2.09. The van der Waals surface area contributed by atoms with Gasteiger partial charge in [0.2, 0.25) is 5.91 Å². The highest BCUT2D eigenvalue weighted by molar-refractivity contribution is 5.84. The number of nitrogens with two attached hydrogens (primary N) is 1. The van der Waals surface area contributed by atoms with Crippen LogP contribution in [0.2, 0.25) is 0 Å². The van der Waals surface area contributed by atoms with E-state index in [1.165, 1.54) is 0 Å². The first-order valence-corrected chi connectivity index (χ1v) is 5.94. The standard InChI is InChI=1S/C11H21N3O2/c1-14-4-2-3-9(5-14)13-10(15)11(6-12)7-16-8-11/h9H,2-8,12H2,1H3,(H,13,15). The molecular formula is C11H21N3O2. The maximum absolute atomic E-state index is 12.1. The van der Waals surface area contributed by atoms with Gasteiger partial charge in [0.15, 0.2) is 0 Å². The molecule has 1 amide bonds. The molecule has 0 aromatic carbocycles. The zero-order chi connectivity index (χ0) is 11.6. The summed E-state index contributed by atoms with van der Waals surface area (Å²) in [5, 5.41) is 3.10. The molecule has 5 nitrogen and oxygen atoms in total. The van der Waals surface area contributed by atoms with Crippen molar-refractivity contribution in [3.8, 4) is 0 Å². The van der Waals surface area contributed by atoms with Crippen LogP contribution in [0, 0.1) is 5.41 Å². The van der Waals surface area contributed by atoms with Gasteiger partial charge in [-0.3, -0.25) is 4.79 Å². The molecular weight excluding hydrogens is 206 g/mol. The second-order valence-electron chi connectivity index (χ2n) is 5.05. The number of hydrogen-bond acceptors (Lipinski definition) is 4. The number of carbonyl (C=O) groups excluding carboxylic acids is 1. The van der Waals surface area contributed by atoms with Crippen LogP contribution in [0.5, 0.6) is 0 Å². The van der Waals surface area contributed by atoms with Crippen LogP contribution in [0.15, 0.2) is 0 Å². The van der Waals surface area contributed by atoms with E-state index in [1.54, 1.807) is 0 Å². The number of nitrogens with zero attached hydrogens (tertiary/aromatic N) is 1. The van der Waals surface area contributed by atoms with Gasteiger partial charge < -0.3 is 20.7 Å². The monoisotopic (exact) mass is 227 g/mol. The number of rotatable bonds is 3. The van der Waals surface area contributed by atoms with Crippen molar-refractivity contribution < 1.29 is 9.53 Å². The van der Waals surface area contributed by atoms with Crippen LogP contribution in [0.1, 0.15) is 12.8 Å². The maximum Gasteiger partial charge on any atom is 0.232 e. The average Bonchev–Trinajstić information content (AvgIpc) is 2.16. The first-order chi connectivity index (χ1) is 7.66. The summed E-state index contributed by atoms with van der Waals surface area (Å²) in [5.74, 6) is 0.0709. The van der Waals surface area contributed by atoms with Crippen LogP contribution in [-0.2, 0) is 9.53 Å². The molecule has 2 aliphatic heterocycles. The molecule has 16 heavy (non-hydrogen) atoms. The van der Waals surface area contributed by atoms with Crippen molar-refractivity contribution in [1.29, 1.82) is 0 Å². The molecule has 92 valence electrons. The Morgan fingerprint density at radius 3 is 2.88 bits per heavy atom. The molecule has 0 spiro atoms. The molecule has 2 fully saturated rings. The van der Waals surface area contributed by atoms with Gasteiger partial charge in [0, 0.05) is 19.1 Å². The highest BCUT2D eigenvalue weighted by atomic mass is 16.5. The fraction of sp³-hybridized carbons (Fsp3) is 0.909. The lowest BCUT2D eigenvalue weighted by atomic mass is 9.84. The van der Waals surface area contributed by atoms with E-state index in [1.807, 2.05) is 0 Å². The number of piperidine rings is 1. The molecule has 2 rings (SSSR count). The Balaban J connectivity index is 1.86. The molecule has 0 aliphatic carbocycles. The topological polar surface area (TPSA) is 67.6 Å². The van der Waals surface area contributed by atoms with Crippen molar-refractivity contribution in [1.82, 2.24) is 10.2 Å². The van der Waals surface area contributed by atoms with Gasteiger partial charge in [-0.15, -0.1) is 0 Å². The minimum absolute atomic E-state index is 0.0709. The van der Waals surface area contributed by atoms with Crippen molar-refractivity contribution in [2.75, 3.05) is 39.9 Å². The van der Waals surface area contributed by atoms with E-state index in [0.29, 0.717) is 19.8 Å². The fourth-order valence-corrected chi connectivity index (χ4v) is 2.31. The Bertz CT molecular complexity index is 260. The Hall–Kier alpha value is -0.650. The highest BCUT2D eigenvalue weighted by Gasteiger charge is 2.45. The third-order valence-electron chi connectivity index (χ3n) is 3.59. The predicted octanol–water partition coefficient (Wildman–Crippen LogP) is -0.828. The maximum atomic E-state index is 12.1. The minimum Gasteiger partial charge on any atom is -0.379 e. The summed E-state index contributed by atoms with van der Waals surface area (Å²) in [6, 6.07) is 0.273. The van der Waals surface area contributed by atoms with Crippen molar-refractivity contribution in [2.24, 2.45) is 11.1 Å². The molecule has 2 saturated heterocycles. The number of likely N-dealkylation sites (N-methyl/N-ethyl adjacent to an activating group) is 1. The van der Waals surface area contributed by atoms with Gasteiger partial charge in [-0.05, 0) is 26.4 Å². The van der Waals surface area contributed by atoms with Crippen molar-refractivity contribution in [3.63, 3.8) is 0 Å². The van der Waals surface area contributed by atoms with E-state index < -0.39 is 5.41 Å². The number of hydrogen-bond donors (Lipinski definition) is 2.